The molecule has 19 heavy (non-hydrogen) atoms. The average molecular weight is 345 g/mol. The van der Waals surface area contributed by atoms with Crippen LogP contribution in [0.3, 0.4) is 0 Å². The summed E-state index contributed by atoms with van der Waals surface area (Å²) in [5, 5.41) is 0.578. The molecule has 2 rings (SSSR count). The Morgan fingerprint density at radius 1 is 1.16 bits per heavy atom. The normalized spacial score (nSPS) is 10.5. The van der Waals surface area contributed by atoms with E-state index in [0.29, 0.717) is 34.0 Å². The Balaban J connectivity index is 2.33. The average Bonchev–Trinajstić information content (AvgIpc) is 2.36. The van der Waals surface area contributed by atoms with Crippen LogP contribution in [0.2, 0.25) is 5.02 Å². The van der Waals surface area contributed by atoms with Gasteiger partial charge >= 0.3 is 0 Å². The summed E-state index contributed by atoms with van der Waals surface area (Å²) in [5.74, 6) is 0.833. The van der Waals surface area contributed by atoms with Crippen LogP contribution in [0.25, 0.3) is 0 Å². The molecule has 2 nitrogen and oxygen atoms in total. The molecule has 2 N–H and O–H groups in total. The molecule has 0 unspecified atom stereocenters. The fraction of sp³-hybridized carbons (Fsp3) is 0.143. The zero-order valence-electron chi connectivity index (χ0n) is 10.00. The molecule has 0 spiro atoms. The zero-order chi connectivity index (χ0) is 13.8. The van der Waals surface area contributed by atoms with Crippen molar-refractivity contribution in [2.24, 2.45) is 5.73 Å². The van der Waals surface area contributed by atoms with Crippen molar-refractivity contribution in [2.45, 2.75) is 6.42 Å². The third-order valence-corrected chi connectivity index (χ3v) is 3.41. The second kappa shape index (κ2) is 6.37. The topological polar surface area (TPSA) is 35.2 Å². The highest BCUT2D eigenvalue weighted by molar-refractivity contribution is 9.10. The van der Waals surface area contributed by atoms with Gasteiger partial charge in [0.1, 0.15) is 17.3 Å². The molecular weight excluding hydrogens is 333 g/mol. The summed E-state index contributed by atoms with van der Waals surface area (Å²) in [5.41, 5.74) is 6.52. The standard InChI is InChI=1S/C14H12BrClFNO/c15-12-8-11(17)3-4-13(12)19-14-7-10(16)2-1-9(14)5-6-18/h1-4,7-8H,5-6,18H2. The van der Waals surface area contributed by atoms with Crippen LogP contribution in [0.1, 0.15) is 5.56 Å². The molecular formula is C14H12BrClFNO. The van der Waals surface area contributed by atoms with Gasteiger partial charge in [-0.05, 0) is 64.8 Å². The van der Waals surface area contributed by atoms with E-state index >= 15 is 0 Å². The van der Waals surface area contributed by atoms with Crippen LogP contribution in [-0.2, 0) is 6.42 Å². The highest BCUT2D eigenvalue weighted by Crippen LogP contribution is 2.33. The van der Waals surface area contributed by atoms with Crippen LogP contribution in [-0.4, -0.2) is 6.54 Å². The Morgan fingerprint density at radius 2 is 1.95 bits per heavy atom. The first-order valence-corrected chi connectivity index (χ1v) is 6.88. The lowest BCUT2D eigenvalue weighted by atomic mass is 10.1. The van der Waals surface area contributed by atoms with E-state index in [-0.39, 0.29) is 5.82 Å². The fourth-order valence-electron chi connectivity index (χ4n) is 1.66. The van der Waals surface area contributed by atoms with Gasteiger partial charge in [0.15, 0.2) is 0 Å². The van der Waals surface area contributed by atoms with Crippen molar-refractivity contribution in [2.75, 3.05) is 6.54 Å². The molecule has 0 radical (unpaired) electrons. The van der Waals surface area contributed by atoms with Crippen molar-refractivity contribution in [1.82, 2.24) is 0 Å². The second-order valence-corrected chi connectivity index (χ2v) is 5.26. The summed E-state index contributed by atoms with van der Waals surface area (Å²) in [6, 6.07) is 9.64. The Bertz CT molecular complexity index is 592. The molecule has 0 bridgehead atoms. The summed E-state index contributed by atoms with van der Waals surface area (Å²) in [7, 11) is 0. The smallest absolute Gasteiger partial charge is 0.141 e. The molecule has 0 atom stereocenters. The summed E-state index contributed by atoms with van der Waals surface area (Å²) in [6.07, 6.45) is 0.686. The van der Waals surface area contributed by atoms with Crippen molar-refractivity contribution >= 4 is 27.5 Å². The molecule has 0 heterocycles. The molecule has 0 fully saturated rings. The second-order valence-electron chi connectivity index (χ2n) is 3.97. The predicted molar refractivity (Wildman–Crippen MR) is 78.4 cm³/mol. The van der Waals surface area contributed by atoms with E-state index in [1.54, 1.807) is 18.2 Å². The first kappa shape index (κ1) is 14.3. The fourth-order valence-corrected chi connectivity index (χ4v) is 2.26. The lowest BCUT2D eigenvalue weighted by Crippen LogP contribution is -2.04. The van der Waals surface area contributed by atoms with Crippen molar-refractivity contribution in [1.29, 1.82) is 0 Å². The number of rotatable bonds is 4. The van der Waals surface area contributed by atoms with E-state index in [1.807, 2.05) is 6.07 Å². The highest BCUT2D eigenvalue weighted by atomic mass is 79.9. The Kier molecular flexibility index (Phi) is 4.80. The van der Waals surface area contributed by atoms with Crippen LogP contribution in [0, 0.1) is 5.82 Å². The number of halogens is 3. The van der Waals surface area contributed by atoms with Gasteiger partial charge in [0.25, 0.3) is 0 Å². The number of hydrogen-bond acceptors (Lipinski definition) is 2. The van der Waals surface area contributed by atoms with Crippen LogP contribution in [0.5, 0.6) is 11.5 Å². The third kappa shape index (κ3) is 3.69. The van der Waals surface area contributed by atoms with Crippen LogP contribution in [0.4, 0.5) is 4.39 Å². The molecule has 100 valence electrons. The predicted octanol–water partition coefficient (Wildman–Crippen LogP) is 4.54. The van der Waals surface area contributed by atoms with Gasteiger partial charge in [-0.2, -0.15) is 0 Å². The van der Waals surface area contributed by atoms with Crippen molar-refractivity contribution < 1.29 is 9.13 Å². The number of ether oxygens (including phenoxy) is 1. The summed E-state index contributed by atoms with van der Waals surface area (Å²) in [4.78, 5) is 0. The Hall–Kier alpha value is -1.10. The maximum absolute atomic E-state index is 13.0. The van der Waals surface area contributed by atoms with Crippen LogP contribution in [0.15, 0.2) is 40.9 Å². The van der Waals surface area contributed by atoms with Gasteiger partial charge < -0.3 is 10.5 Å². The zero-order valence-corrected chi connectivity index (χ0v) is 12.3. The van der Waals surface area contributed by atoms with E-state index in [0.717, 1.165) is 5.56 Å². The molecule has 0 aliphatic rings. The third-order valence-electron chi connectivity index (χ3n) is 2.56. The highest BCUT2D eigenvalue weighted by Gasteiger charge is 2.09. The lowest BCUT2D eigenvalue weighted by molar-refractivity contribution is 0.471. The maximum Gasteiger partial charge on any atom is 0.141 e. The summed E-state index contributed by atoms with van der Waals surface area (Å²) in [6.45, 7) is 0.516. The molecule has 0 aliphatic carbocycles. The minimum absolute atomic E-state index is 0.326. The molecule has 0 saturated heterocycles. The van der Waals surface area contributed by atoms with Gasteiger partial charge in [-0.25, -0.2) is 4.39 Å². The first-order valence-electron chi connectivity index (χ1n) is 5.71. The minimum Gasteiger partial charge on any atom is -0.456 e. The van der Waals surface area contributed by atoms with Gasteiger partial charge in [-0.15, -0.1) is 0 Å². The monoisotopic (exact) mass is 343 g/mol. The minimum atomic E-state index is -0.326. The first-order chi connectivity index (χ1) is 9.10. The molecule has 5 heteroatoms. The number of benzene rings is 2. The van der Waals surface area contributed by atoms with Gasteiger partial charge in [-0.1, -0.05) is 17.7 Å². The van der Waals surface area contributed by atoms with Gasteiger partial charge in [-0.3, -0.25) is 0 Å². The molecule has 0 aromatic heterocycles. The van der Waals surface area contributed by atoms with Gasteiger partial charge in [0.2, 0.25) is 0 Å². The quantitative estimate of drug-likeness (QED) is 0.884. The van der Waals surface area contributed by atoms with Crippen molar-refractivity contribution in [3.63, 3.8) is 0 Å². The Labute approximate surface area is 124 Å². The van der Waals surface area contributed by atoms with E-state index in [2.05, 4.69) is 15.9 Å². The Morgan fingerprint density at radius 3 is 2.63 bits per heavy atom. The van der Waals surface area contributed by atoms with E-state index in [1.165, 1.54) is 12.1 Å². The van der Waals surface area contributed by atoms with Crippen LogP contribution < -0.4 is 10.5 Å². The van der Waals surface area contributed by atoms with Crippen molar-refractivity contribution in [3.05, 3.63) is 57.3 Å². The van der Waals surface area contributed by atoms with E-state index < -0.39 is 0 Å². The van der Waals surface area contributed by atoms with Gasteiger partial charge in [0, 0.05) is 5.02 Å². The lowest BCUT2D eigenvalue weighted by Gasteiger charge is -2.12. The van der Waals surface area contributed by atoms with E-state index in [4.69, 9.17) is 22.1 Å². The number of hydrogen-bond donors (Lipinski definition) is 1. The molecule has 2 aromatic carbocycles. The van der Waals surface area contributed by atoms with Crippen LogP contribution >= 0.6 is 27.5 Å². The number of nitrogens with two attached hydrogens (primary N) is 1. The van der Waals surface area contributed by atoms with Gasteiger partial charge in [0.05, 0.1) is 4.47 Å². The summed E-state index contributed by atoms with van der Waals surface area (Å²) < 4.78 is 19.3. The molecule has 0 saturated carbocycles. The molecule has 0 amide bonds. The largest absolute Gasteiger partial charge is 0.456 e. The van der Waals surface area contributed by atoms with E-state index in [9.17, 15) is 4.39 Å². The molecule has 2 aromatic rings. The SMILES string of the molecule is NCCc1ccc(Cl)cc1Oc1ccc(F)cc1Br. The summed E-state index contributed by atoms with van der Waals surface area (Å²) >= 11 is 9.23. The van der Waals surface area contributed by atoms with Crippen molar-refractivity contribution in [3.8, 4) is 11.5 Å². The maximum atomic E-state index is 13.0. The molecule has 0 aliphatic heterocycles.